The van der Waals surface area contributed by atoms with E-state index in [0.29, 0.717) is 5.82 Å². The average Bonchev–Trinajstić information content (AvgIpc) is 2.39. The van der Waals surface area contributed by atoms with Gasteiger partial charge in [-0.05, 0) is 31.4 Å². The van der Waals surface area contributed by atoms with Gasteiger partial charge in [-0.3, -0.25) is 4.79 Å². The van der Waals surface area contributed by atoms with Crippen molar-refractivity contribution in [2.24, 2.45) is 5.41 Å². The quantitative estimate of drug-likeness (QED) is 0.889. The molecule has 5 nitrogen and oxygen atoms in total. The van der Waals surface area contributed by atoms with E-state index in [1.807, 2.05) is 32.9 Å². The molecule has 5 heteroatoms. The minimum Gasteiger partial charge on any atom is -0.355 e. The maximum Gasteiger partial charge on any atom is 0.230 e. The van der Waals surface area contributed by atoms with Crippen molar-refractivity contribution in [3.8, 4) is 0 Å². The van der Waals surface area contributed by atoms with Crippen LogP contribution in [0.25, 0.3) is 0 Å². The fourth-order valence-corrected chi connectivity index (χ4v) is 1.99. The van der Waals surface area contributed by atoms with Crippen LogP contribution in [0.15, 0.2) is 12.1 Å². The number of aromatic nitrogens is 2. The molecule has 1 fully saturated rings. The second kappa shape index (κ2) is 5.55. The van der Waals surface area contributed by atoms with E-state index in [1.54, 1.807) is 0 Å². The van der Waals surface area contributed by atoms with Crippen molar-refractivity contribution >= 4 is 17.5 Å². The zero-order valence-electron chi connectivity index (χ0n) is 11.9. The third-order valence-electron chi connectivity index (χ3n) is 3.25. The minimum atomic E-state index is -0.423. The molecule has 2 heterocycles. The van der Waals surface area contributed by atoms with Gasteiger partial charge in [-0.15, -0.1) is 10.2 Å². The number of anilines is 2. The maximum absolute atomic E-state index is 11.8. The van der Waals surface area contributed by atoms with E-state index in [9.17, 15) is 4.79 Å². The van der Waals surface area contributed by atoms with Gasteiger partial charge in [0.25, 0.3) is 0 Å². The van der Waals surface area contributed by atoms with Crippen molar-refractivity contribution in [2.45, 2.75) is 40.0 Å². The standard InChI is InChI=1S/C14H22N4O/c1-14(2,3)13(19)15-11-7-8-12(17-16-11)18-9-5-4-6-10-18/h7-8H,4-6,9-10H2,1-3H3,(H,15,16,19). The van der Waals surface area contributed by atoms with Gasteiger partial charge in [0.1, 0.15) is 0 Å². The van der Waals surface area contributed by atoms with Crippen LogP contribution in [0, 0.1) is 5.41 Å². The molecule has 1 N–H and O–H groups in total. The number of rotatable bonds is 2. The van der Waals surface area contributed by atoms with E-state index >= 15 is 0 Å². The van der Waals surface area contributed by atoms with Crippen molar-refractivity contribution in [1.82, 2.24) is 10.2 Å². The van der Waals surface area contributed by atoms with Crippen LogP contribution < -0.4 is 10.2 Å². The largest absolute Gasteiger partial charge is 0.355 e. The molecule has 1 saturated heterocycles. The molecule has 0 aromatic carbocycles. The first kappa shape index (κ1) is 13.8. The van der Waals surface area contributed by atoms with Gasteiger partial charge in [0.05, 0.1) is 0 Å². The Morgan fingerprint density at radius 1 is 1.16 bits per heavy atom. The number of hydrogen-bond donors (Lipinski definition) is 1. The first-order valence-corrected chi connectivity index (χ1v) is 6.87. The Kier molecular flexibility index (Phi) is 4.02. The number of hydrogen-bond acceptors (Lipinski definition) is 4. The van der Waals surface area contributed by atoms with Crippen LogP contribution in [0.5, 0.6) is 0 Å². The summed E-state index contributed by atoms with van der Waals surface area (Å²) >= 11 is 0. The zero-order chi connectivity index (χ0) is 13.9. The number of carbonyl (C=O) groups excluding carboxylic acids is 1. The van der Waals surface area contributed by atoms with E-state index < -0.39 is 5.41 Å². The lowest BCUT2D eigenvalue weighted by molar-refractivity contribution is -0.123. The van der Waals surface area contributed by atoms with Gasteiger partial charge in [-0.25, -0.2) is 0 Å². The first-order valence-electron chi connectivity index (χ1n) is 6.87. The highest BCUT2D eigenvalue weighted by Crippen LogP contribution is 2.19. The molecule has 0 bridgehead atoms. The summed E-state index contributed by atoms with van der Waals surface area (Å²) in [5.74, 6) is 1.36. The van der Waals surface area contributed by atoms with Gasteiger partial charge in [0.2, 0.25) is 5.91 Å². The Morgan fingerprint density at radius 2 is 1.84 bits per heavy atom. The zero-order valence-corrected chi connectivity index (χ0v) is 11.9. The molecule has 0 spiro atoms. The number of nitrogens with zero attached hydrogens (tertiary/aromatic N) is 3. The van der Waals surface area contributed by atoms with E-state index in [-0.39, 0.29) is 5.91 Å². The predicted molar refractivity (Wildman–Crippen MR) is 76.2 cm³/mol. The van der Waals surface area contributed by atoms with E-state index in [1.165, 1.54) is 19.3 Å². The van der Waals surface area contributed by atoms with Crippen LogP contribution in [0.2, 0.25) is 0 Å². The number of amides is 1. The Hall–Kier alpha value is -1.65. The summed E-state index contributed by atoms with van der Waals surface area (Å²) in [5, 5.41) is 11.1. The topological polar surface area (TPSA) is 58.1 Å². The lowest BCUT2D eigenvalue weighted by atomic mass is 9.96. The molecule has 1 amide bonds. The second-order valence-corrected chi connectivity index (χ2v) is 6.03. The molecule has 0 radical (unpaired) electrons. The summed E-state index contributed by atoms with van der Waals surface area (Å²) in [6.45, 7) is 7.71. The van der Waals surface area contributed by atoms with Crippen LogP contribution >= 0.6 is 0 Å². The van der Waals surface area contributed by atoms with Gasteiger partial charge in [0, 0.05) is 18.5 Å². The monoisotopic (exact) mass is 262 g/mol. The highest BCUT2D eigenvalue weighted by atomic mass is 16.2. The highest BCUT2D eigenvalue weighted by Gasteiger charge is 2.21. The summed E-state index contributed by atoms with van der Waals surface area (Å²) in [5.41, 5.74) is -0.423. The molecular weight excluding hydrogens is 240 g/mol. The fraction of sp³-hybridized carbons (Fsp3) is 0.643. The van der Waals surface area contributed by atoms with Crippen LogP contribution in [0.3, 0.4) is 0 Å². The van der Waals surface area contributed by atoms with Gasteiger partial charge in [0.15, 0.2) is 11.6 Å². The van der Waals surface area contributed by atoms with Crippen LogP contribution in [0.4, 0.5) is 11.6 Å². The molecule has 0 aliphatic carbocycles. The normalized spacial score (nSPS) is 16.3. The van der Waals surface area contributed by atoms with Crippen LogP contribution in [0.1, 0.15) is 40.0 Å². The summed E-state index contributed by atoms with van der Waals surface area (Å²) in [6, 6.07) is 3.75. The van der Waals surface area contributed by atoms with Crippen LogP contribution in [-0.2, 0) is 4.79 Å². The molecule has 104 valence electrons. The highest BCUT2D eigenvalue weighted by molar-refractivity contribution is 5.93. The summed E-state index contributed by atoms with van der Waals surface area (Å²) < 4.78 is 0. The molecule has 1 aromatic rings. The summed E-state index contributed by atoms with van der Waals surface area (Å²) in [4.78, 5) is 14.1. The van der Waals surface area contributed by atoms with Crippen molar-refractivity contribution in [1.29, 1.82) is 0 Å². The van der Waals surface area contributed by atoms with E-state index in [0.717, 1.165) is 18.9 Å². The lowest BCUT2D eigenvalue weighted by Crippen LogP contribution is -2.31. The number of piperidine rings is 1. The molecule has 0 atom stereocenters. The Bertz CT molecular complexity index is 430. The van der Waals surface area contributed by atoms with Gasteiger partial charge < -0.3 is 10.2 Å². The molecule has 0 unspecified atom stereocenters. The predicted octanol–water partition coefficient (Wildman–Crippen LogP) is 2.45. The number of carbonyl (C=O) groups is 1. The summed E-state index contributed by atoms with van der Waals surface area (Å²) in [7, 11) is 0. The minimum absolute atomic E-state index is 0.0486. The van der Waals surface area contributed by atoms with Gasteiger partial charge in [-0.2, -0.15) is 0 Å². The summed E-state index contributed by atoms with van der Waals surface area (Å²) in [6.07, 6.45) is 3.72. The van der Waals surface area contributed by atoms with Crippen molar-refractivity contribution < 1.29 is 4.79 Å². The van der Waals surface area contributed by atoms with Crippen molar-refractivity contribution in [3.63, 3.8) is 0 Å². The third-order valence-corrected chi connectivity index (χ3v) is 3.25. The molecule has 2 rings (SSSR count). The van der Waals surface area contributed by atoms with E-state index in [2.05, 4.69) is 20.4 Å². The van der Waals surface area contributed by atoms with Crippen LogP contribution in [-0.4, -0.2) is 29.2 Å². The van der Waals surface area contributed by atoms with Crippen molar-refractivity contribution in [3.05, 3.63) is 12.1 Å². The Morgan fingerprint density at radius 3 is 2.37 bits per heavy atom. The molecule has 1 aliphatic rings. The van der Waals surface area contributed by atoms with Gasteiger partial charge >= 0.3 is 0 Å². The van der Waals surface area contributed by atoms with Gasteiger partial charge in [-0.1, -0.05) is 20.8 Å². The third kappa shape index (κ3) is 3.66. The second-order valence-electron chi connectivity index (χ2n) is 6.03. The van der Waals surface area contributed by atoms with E-state index in [4.69, 9.17) is 0 Å². The Balaban J connectivity index is 2.00. The lowest BCUT2D eigenvalue weighted by Gasteiger charge is -2.27. The molecule has 1 aromatic heterocycles. The molecule has 0 saturated carbocycles. The average molecular weight is 262 g/mol. The fourth-order valence-electron chi connectivity index (χ4n) is 1.99. The molecule has 19 heavy (non-hydrogen) atoms. The molecule has 1 aliphatic heterocycles. The smallest absolute Gasteiger partial charge is 0.230 e. The number of nitrogens with one attached hydrogen (secondary N) is 1. The molecular formula is C14H22N4O. The maximum atomic E-state index is 11.8. The first-order chi connectivity index (χ1) is 8.97. The van der Waals surface area contributed by atoms with Crippen molar-refractivity contribution in [2.75, 3.05) is 23.3 Å². The Labute approximate surface area is 114 Å². The SMILES string of the molecule is CC(C)(C)C(=O)Nc1ccc(N2CCCCC2)nn1.